The van der Waals surface area contributed by atoms with Crippen LogP contribution in [-0.2, 0) is 0 Å². The molecule has 1 atom stereocenters. The zero-order valence-electron chi connectivity index (χ0n) is 15.0. The maximum absolute atomic E-state index is 13.2. The van der Waals surface area contributed by atoms with Crippen LogP contribution in [0.4, 0.5) is 0 Å². The molecular weight excluding hydrogens is 344 g/mol. The summed E-state index contributed by atoms with van der Waals surface area (Å²) in [6.07, 6.45) is 4.80. The third-order valence-electron chi connectivity index (χ3n) is 4.81. The second-order valence-corrected chi connectivity index (χ2v) is 6.70. The van der Waals surface area contributed by atoms with Crippen molar-refractivity contribution in [1.29, 1.82) is 0 Å². The number of carbonyl (C=O) groups is 1. The summed E-state index contributed by atoms with van der Waals surface area (Å²) in [5.74, 6) is 0.604. The number of aryl methyl sites for hydroxylation is 1. The lowest BCUT2D eigenvalue weighted by Crippen LogP contribution is -2.40. The highest BCUT2D eigenvalue weighted by Gasteiger charge is 2.28. The Morgan fingerprint density at radius 2 is 2.15 bits per heavy atom. The molecule has 1 aromatic carbocycles. The molecule has 1 aliphatic heterocycles. The molecule has 1 saturated heterocycles. The second kappa shape index (κ2) is 7.14. The minimum absolute atomic E-state index is 0.0487. The van der Waals surface area contributed by atoms with E-state index in [1.54, 1.807) is 24.0 Å². The van der Waals surface area contributed by atoms with Gasteiger partial charge < -0.3 is 9.88 Å². The van der Waals surface area contributed by atoms with E-state index < -0.39 is 0 Å². The summed E-state index contributed by atoms with van der Waals surface area (Å²) in [7, 11) is 0. The summed E-state index contributed by atoms with van der Waals surface area (Å²) in [5.41, 5.74) is 1.88. The molecule has 1 fully saturated rings. The number of aromatic amines is 1. The van der Waals surface area contributed by atoms with Crippen LogP contribution in [0, 0.1) is 6.92 Å². The number of amides is 1. The van der Waals surface area contributed by atoms with Crippen LogP contribution in [0.5, 0.6) is 0 Å². The summed E-state index contributed by atoms with van der Waals surface area (Å²) in [5, 5.41) is 4.14. The molecule has 0 saturated carbocycles. The van der Waals surface area contributed by atoms with E-state index in [9.17, 15) is 9.59 Å². The van der Waals surface area contributed by atoms with Crippen molar-refractivity contribution in [2.75, 3.05) is 13.1 Å². The van der Waals surface area contributed by atoms with E-state index in [2.05, 4.69) is 20.1 Å². The lowest BCUT2D eigenvalue weighted by molar-refractivity contribution is 0.0705. The van der Waals surface area contributed by atoms with Gasteiger partial charge in [0, 0.05) is 25.1 Å². The predicted octanol–water partition coefficient (Wildman–Crippen LogP) is 1.68. The Hall–Kier alpha value is -3.29. The normalized spacial score (nSPS) is 17.1. The summed E-state index contributed by atoms with van der Waals surface area (Å²) < 4.78 is 1.59. The average molecular weight is 364 g/mol. The highest BCUT2D eigenvalue weighted by Crippen LogP contribution is 2.27. The monoisotopic (exact) mass is 364 g/mol. The lowest BCUT2D eigenvalue weighted by Gasteiger charge is -2.33. The Bertz CT molecular complexity index is 1010. The van der Waals surface area contributed by atoms with Gasteiger partial charge in [0.05, 0.1) is 16.9 Å². The van der Waals surface area contributed by atoms with E-state index in [4.69, 9.17) is 0 Å². The van der Waals surface area contributed by atoms with Crippen LogP contribution in [0.2, 0.25) is 0 Å². The van der Waals surface area contributed by atoms with E-state index in [0.29, 0.717) is 30.2 Å². The molecule has 0 unspecified atom stereocenters. The molecule has 1 amide bonds. The van der Waals surface area contributed by atoms with E-state index >= 15 is 0 Å². The fourth-order valence-corrected chi connectivity index (χ4v) is 3.57. The number of nitrogens with one attached hydrogen (secondary N) is 1. The zero-order valence-corrected chi connectivity index (χ0v) is 15.0. The number of para-hydroxylation sites is 1. The third kappa shape index (κ3) is 3.51. The van der Waals surface area contributed by atoms with Crippen LogP contribution in [-0.4, -0.2) is 48.6 Å². The standard InChI is InChI=1S/C19H20N6O2/c1-13-22-16(9-18(26)23-13)14-5-4-8-24(10-14)19(27)15-6-2-3-7-17(15)25-12-20-11-21-25/h2-3,6-7,9,11-12,14H,4-5,8,10H2,1H3,(H,22,23,26)/t14-/m1/s1. The quantitative estimate of drug-likeness (QED) is 0.763. The molecule has 2 aromatic heterocycles. The van der Waals surface area contributed by atoms with E-state index in [0.717, 1.165) is 18.5 Å². The average Bonchev–Trinajstić information content (AvgIpc) is 3.21. The molecule has 3 heterocycles. The van der Waals surface area contributed by atoms with E-state index in [1.807, 2.05) is 23.1 Å². The predicted molar refractivity (Wildman–Crippen MR) is 98.8 cm³/mol. The first-order valence-electron chi connectivity index (χ1n) is 8.93. The highest BCUT2D eigenvalue weighted by atomic mass is 16.2. The molecule has 0 aliphatic carbocycles. The fraction of sp³-hybridized carbons (Fsp3) is 0.316. The summed E-state index contributed by atoms with van der Waals surface area (Å²) in [6.45, 7) is 2.99. The van der Waals surface area contributed by atoms with Gasteiger partial charge in [-0.05, 0) is 31.9 Å². The number of hydrogen-bond acceptors (Lipinski definition) is 5. The number of hydrogen-bond donors (Lipinski definition) is 1. The van der Waals surface area contributed by atoms with Crippen molar-refractivity contribution >= 4 is 5.91 Å². The Labute approximate surface area is 155 Å². The topological polar surface area (TPSA) is 96.8 Å². The number of benzene rings is 1. The van der Waals surface area contributed by atoms with Gasteiger partial charge in [-0.1, -0.05) is 12.1 Å². The van der Waals surface area contributed by atoms with Crippen molar-refractivity contribution in [3.8, 4) is 5.69 Å². The van der Waals surface area contributed by atoms with Gasteiger partial charge in [-0.15, -0.1) is 0 Å². The second-order valence-electron chi connectivity index (χ2n) is 6.70. The maximum atomic E-state index is 13.2. The lowest BCUT2D eigenvalue weighted by atomic mass is 9.94. The minimum Gasteiger partial charge on any atom is -0.338 e. The third-order valence-corrected chi connectivity index (χ3v) is 4.81. The molecule has 8 nitrogen and oxygen atoms in total. The van der Waals surface area contributed by atoms with Crippen molar-refractivity contribution in [2.24, 2.45) is 0 Å². The first kappa shape index (κ1) is 17.1. The molecule has 0 spiro atoms. The molecule has 138 valence electrons. The van der Waals surface area contributed by atoms with Crippen LogP contribution < -0.4 is 5.56 Å². The highest BCUT2D eigenvalue weighted by molar-refractivity contribution is 5.97. The molecule has 0 radical (unpaired) electrons. The SMILES string of the molecule is Cc1nc([C@@H]2CCCN(C(=O)c3ccccc3-n3cncn3)C2)cc(=O)[nH]1. The Morgan fingerprint density at radius 3 is 2.93 bits per heavy atom. The number of carbonyl (C=O) groups excluding carboxylic acids is 1. The number of piperidine rings is 1. The van der Waals surface area contributed by atoms with Gasteiger partial charge in [0.15, 0.2) is 0 Å². The van der Waals surface area contributed by atoms with Gasteiger partial charge in [0.2, 0.25) is 0 Å². The van der Waals surface area contributed by atoms with Gasteiger partial charge in [0.1, 0.15) is 18.5 Å². The van der Waals surface area contributed by atoms with Gasteiger partial charge >= 0.3 is 0 Å². The van der Waals surface area contributed by atoms with Crippen LogP contribution in [0.1, 0.15) is 40.6 Å². The van der Waals surface area contributed by atoms with E-state index in [-0.39, 0.29) is 17.4 Å². The zero-order chi connectivity index (χ0) is 18.8. The molecule has 3 aromatic rings. The van der Waals surface area contributed by atoms with E-state index in [1.165, 1.54) is 12.4 Å². The first-order valence-corrected chi connectivity index (χ1v) is 8.93. The minimum atomic E-state index is -0.155. The first-order chi connectivity index (χ1) is 13.1. The van der Waals surface area contributed by atoms with Crippen molar-refractivity contribution in [2.45, 2.75) is 25.7 Å². The smallest absolute Gasteiger partial charge is 0.256 e. The number of likely N-dealkylation sites (tertiary alicyclic amines) is 1. The van der Waals surface area contributed by atoms with Crippen molar-refractivity contribution in [1.82, 2.24) is 29.6 Å². The van der Waals surface area contributed by atoms with Crippen LogP contribution >= 0.6 is 0 Å². The molecular formula is C19H20N6O2. The molecule has 4 rings (SSSR count). The van der Waals surface area contributed by atoms with Crippen LogP contribution in [0.25, 0.3) is 5.69 Å². The number of aromatic nitrogens is 5. The number of nitrogens with zero attached hydrogens (tertiary/aromatic N) is 5. The summed E-state index contributed by atoms with van der Waals surface area (Å²) in [6, 6.07) is 8.91. The largest absolute Gasteiger partial charge is 0.338 e. The molecule has 1 N–H and O–H groups in total. The van der Waals surface area contributed by atoms with Crippen molar-refractivity contribution in [3.63, 3.8) is 0 Å². The van der Waals surface area contributed by atoms with Gasteiger partial charge in [-0.3, -0.25) is 9.59 Å². The molecule has 27 heavy (non-hydrogen) atoms. The number of H-pyrrole nitrogens is 1. The maximum Gasteiger partial charge on any atom is 0.256 e. The Balaban J connectivity index is 1.61. The molecule has 8 heteroatoms. The summed E-state index contributed by atoms with van der Waals surface area (Å²) >= 11 is 0. The number of rotatable bonds is 3. The van der Waals surface area contributed by atoms with Crippen LogP contribution in [0.3, 0.4) is 0 Å². The van der Waals surface area contributed by atoms with Gasteiger partial charge in [-0.25, -0.2) is 14.6 Å². The van der Waals surface area contributed by atoms with Crippen molar-refractivity contribution in [3.05, 3.63) is 70.4 Å². The molecule has 1 aliphatic rings. The van der Waals surface area contributed by atoms with Gasteiger partial charge in [-0.2, -0.15) is 5.10 Å². The summed E-state index contributed by atoms with van der Waals surface area (Å²) in [4.78, 5) is 37.9. The van der Waals surface area contributed by atoms with Crippen LogP contribution in [0.15, 0.2) is 47.8 Å². The Morgan fingerprint density at radius 1 is 1.30 bits per heavy atom. The van der Waals surface area contributed by atoms with Gasteiger partial charge in [0.25, 0.3) is 11.5 Å². The Kier molecular flexibility index (Phi) is 4.53. The molecule has 0 bridgehead atoms. The van der Waals surface area contributed by atoms with Crippen molar-refractivity contribution < 1.29 is 4.79 Å². The fourth-order valence-electron chi connectivity index (χ4n) is 3.57.